The Morgan fingerprint density at radius 1 is 1.05 bits per heavy atom. The molecule has 3 aromatic carbocycles. The summed E-state index contributed by atoms with van der Waals surface area (Å²) in [6.07, 6.45) is -4.16. The van der Waals surface area contributed by atoms with Crippen LogP contribution in [-0.4, -0.2) is 48.9 Å². The zero-order chi connectivity index (χ0) is 30.2. The fourth-order valence-corrected chi connectivity index (χ4v) is 5.75. The number of urea groups is 1. The number of nitrogens with zero attached hydrogens (tertiary/aromatic N) is 5. The number of carbonyl (C=O) groups excluding carboxylic acids is 1. The number of nitrogens with one attached hydrogen (secondary N) is 1. The SMILES string of the molecule is Cc1cc(C)c(N2/C(=N/C(=O)Nc3ccc(-c4ncn(-c5ccc(OC(F)(F)F)cc5)n4)cc3)SC(C)C2O)c(C)c1. The van der Waals surface area contributed by atoms with Gasteiger partial charge in [0.1, 0.15) is 18.3 Å². The number of alkyl halides is 3. The third-order valence-corrected chi connectivity index (χ3v) is 7.59. The summed E-state index contributed by atoms with van der Waals surface area (Å²) in [4.78, 5) is 23.1. The third kappa shape index (κ3) is 6.42. The van der Waals surface area contributed by atoms with Gasteiger partial charge in [-0.15, -0.1) is 18.3 Å². The minimum atomic E-state index is -4.77. The quantitative estimate of drug-likeness (QED) is 0.267. The lowest BCUT2D eigenvalue weighted by Crippen LogP contribution is -2.37. The van der Waals surface area contributed by atoms with E-state index >= 15 is 0 Å². The summed E-state index contributed by atoms with van der Waals surface area (Å²) in [7, 11) is 0. The van der Waals surface area contributed by atoms with Crippen LogP contribution < -0.4 is 15.0 Å². The zero-order valence-electron chi connectivity index (χ0n) is 23.0. The fraction of sp³-hybridized carbons (Fsp3) is 0.241. The van der Waals surface area contributed by atoms with Gasteiger partial charge < -0.3 is 15.2 Å². The van der Waals surface area contributed by atoms with Crippen molar-refractivity contribution in [3.8, 4) is 22.8 Å². The first-order chi connectivity index (χ1) is 19.9. The second-order valence-corrected chi connectivity index (χ2v) is 11.2. The van der Waals surface area contributed by atoms with E-state index in [9.17, 15) is 23.1 Å². The Bertz CT molecular complexity index is 1610. The smallest absolute Gasteiger partial charge is 0.406 e. The Kier molecular flexibility index (Phi) is 7.97. The average molecular weight is 597 g/mol. The van der Waals surface area contributed by atoms with E-state index in [2.05, 4.69) is 25.1 Å². The van der Waals surface area contributed by atoms with Crippen LogP contribution in [0, 0.1) is 20.8 Å². The number of hydrogen-bond acceptors (Lipinski definition) is 6. The molecule has 2 N–H and O–H groups in total. The van der Waals surface area contributed by atoms with Crippen molar-refractivity contribution in [2.75, 3.05) is 10.2 Å². The molecule has 13 heteroatoms. The molecular formula is C29H27F3N6O3S. The number of aliphatic hydroxyl groups excluding tert-OH is 1. The molecule has 1 aliphatic heterocycles. The lowest BCUT2D eigenvalue weighted by Gasteiger charge is -2.27. The van der Waals surface area contributed by atoms with Gasteiger partial charge in [0, 0.05) is 11.3 Å². The van der Waals surface area contributed by atoms with Gasteiger partial charge in [0.15, 0.2) is 11.0 Å². The number of benzene rings is 3. The highest BCUT2D eigenvalue weighted by Gasteiger charge is 2.38. The number of halogens is 3. The van der Waals surface area contributed by atoms with Crippen molar-refractivity contribution in [1.82, 2.24) is 14.8 Å². The highest BCUT2D eigenvalue weighted by molar-refractivity contribution is 8.15. The van der Waals surface area contributed by atoms with E-state index in [1.165, 1.54) is 47.0 Å². The van der Waals surface area contributed by atoms with E-state index in [4.69, 9.17) is 0 Å². The van der Waals surface area contributed by atoms with Crippen molar-refractivity contribution in [2.45, 2.75) is 45.5 Å². The van der Waals surface area contributed by atoms with Crippen molar-refractivity contribution in [3.63, 3.8) is 0 Å². The van der Waals surface area contributed by atoms with E-state index in [1.807, 2.05) is 39.8 Å². The summed E-state index contributed by atoms with van der Waals surface area (Å²) in [5, 5.41) is 18.3. The van der Waals surface area contributed by atoms with Gasteiger partial charge in [0.05, 0.1) is 16.6 Å². The van der Waals surface area contributed by atoms with Gasteiger partial charge in [0.25, 0.3) is 0 Å². The second-order valence-electron chi connectivity index (χ2n) is 9.81. The highest BCUT2D eigenvalue weighted by atomic mass is 32.2. The third-order valence-electron chi connectivity index (χ3n) is 6.48. The number of ether oxygens (including phenoxy) is 1. The van der Waals surface area contributed by atoms with Crippen LogP contribution in [0.25, 0.3) is 17.1 Å². The van der Waals surface area contributed by atoms with Crippen molar-refractivity contribution < 1.29 is 27.8 Å². The summed E-state index contributed by atoms with van der Waals surface area (Å²) >= 11 is 1.33. The first-order valence-electron chi connectivity index (χ1n) is 12.9. The van der Waals surface area contributed by atoms with Crippen LogP contribution >= 0.6 is 11.8 Å². The first-order valence-corrected chi connectivity index (χ1v) is 13.8. The number of amides is 2. The van der Waals surface area contributed by atoms with Gasteiger partial charge in [-0.1, -0.05) is 29.5 Å². The Morgan fingerprint density at radius 2 is 1.69 bits per heavy atom. The molecule has 9 nitrogen and oxygen atoms in total. The number of aliphatic hydroxyl groups is 1. The molecule has 0 bridgehead atoms. The number of carbonyl (C=O) groups is 1. The maximum atomic E-state index is 12.9. The van der Waals surface area contributed by atoms with E-state index in [1.54, 1.807) is 29.2 Å². The van der Waals surface area contributed by atoms with Crippen LogP contribution in [0.1, 0.15) is 23.6 Å². The summed E-state index contributed by atoms with van der Waals surface area (Å²) in [6, 6.07) is 15.6. The summed E-state index contributed by atoms with van der Waals surface area (Å²) in [5.74, 6) is 0.0493. The molecule has 1 aliphatic rings. The number of aryl methyl sites for hydroxylation is 3. The average Bonchev–Trinajstić information content (AvgIpc) is 3.49. The molecule has 1 aromatic heterocycles. The lowest BCUT2D eigenvalue weighted by molar-refractivity contribution is -0.274. The van der Waals surface area contributed by atoms with Crippen LogP contribution in [0.3, 0.4) is 0 Å². The molecule has 1 fully saturated rings. The number of amidine groups is 1. The number of hydrogen-bond donors (Lipinski definition) is 2. The van der Waals surface area contributed by atoms with E-state index in [-0.39, 0.29) is 11.0 Å². The summed E-state index contributed by atoms with van der Waals surface area (Å²) in [5.41, 5.74) is 5.56. The Labute approximate surface area is 244 Å². The van der Waals surface area contributed by atoms with E-state index < -0.39 is 18.6 Å². The topological polar surface area (TPSA) is 105 Å². The van der Waals surface area contributed by atoms with Gasteiger partial charge in [-0.05, 0) is 87.4 Å². The lowest BCUT2D eigenvalue weighted by atomic mass is 10.0. The summed E-state index contributed by atoms with van der Waals surface area (Å²) in [6.45, 7) is 7.83. The van der Waals surface area contributed by atoms with Gasteiger partial charge in [0.2, 0.25) is 0 Å². The van der Waals surface area contributed by atoms with Gasteiger partial charge in [-0.25, -0.2) is 14.5 Å². The number of rotatable bonds is 5. The molecule has 2 heterocycles. The van der Waals surface area contributed by atoms with Gasteiger partial charge in [-0.3, -0.25) is 4.90 Å². The minimum absolute atomic E-state index is 0.186. The van der Waals surface area contributed by atoms with Crippen molar-refractivity contribution >= 4 is 34.3 Å². The Morgan fingerprint density at radius 3 is 2.31 bits per heavy atom. The molecule has 218 valence electrons. The molecule has 0 saturated carbocycles. The molecule has 2 atom stereocenters. The molecule has 4 aromatic rings. The highest BCUT2D eigenvalue weighted by Crippen LogP contribution is 2.38. The maximum absolute atomic E-state index is 12.9. The minimum Gasteiger partial charge on any atom is -0.406 e. The van der Waals surface area contributed by atoms with Crippen LogP contribution in [0.2, 0.25) is 0 Å². The van der Waals surface area contributed by atoms with Crippen LogP contribution in [-0.2, 0) is 0 Å². The van der Waals surface area contributed by atoms with E-state index in [0.29, 0.717) is 27.9 Å². The largest absolute Gasteiger partial charge is 0.573 e. The number of anilines is 2. The summed E-state index contributed by atoms with van der Waals surface area (Å²) < 4.78 is 42.5. The predicted molar refractivity (Wildman–Crippen MR) is 156 cm³/mol. The molecule has 2 unspecified atom stereocenters. The molecule has 0 aliphatic carbocycles. The molecule has 0 spiro atoms. The molecule has 42 heavy (non-hydrogen) atoms. The van der Waals surface area contributed by atoms with E-state index in [0.717, 1.165) is 22.4 Å². The standard InChI is InChI=1S/C29H27F3N6O3S/c1-16-13-17(2)24(18(3)14-16)38-26(39)19(4)42-28(38)35-27(40)34-21-7-5-20(6-8-21)25-33-15-37(36-25)22-9-11-23(12-10-22)41-29(30,31)32/h5-15,19,26,39H,1-4H3,(H,34,40)/b35-28-. The molecule has 2 amide bonds. The van der Waals surface area contributed by atoms with Crippen LogP contribution in [0.15, 0.2) is 72.0 Å². The Hall–Kier alpha value is -4.36. The number of aromatic nitrogens is 3. The number of aliphatic imine (C=N–C) groups is 1. The zero-order valence-corrected chi connectivity index (χ0v) is 23.9. The molecule has 0 radical (unpaired) electrons. The van der Waals surface area contributed by atoms with Crippen molar-refractivity contribution in [3.05, 3.63) is 83.7 Å². The molecular weight excluding hydrogens is 569 g/mol. The molecule has 5 rings (SSSR count). The van der Waals surface area contributed by atoms with Crippen LogP contribution in [0.5, 0.6) is 5.75 Å². The Balaban J connectivity index is 1.28. The maximum Gasteiger partial charge on any atom is 0.573 e. The normalized spacial score (nSPS) is 18.0. The predicted octanol–water partition coefficient (Wildman–Crippen LogP) is 6.61. The molecule has 1 saturated heterocycles. The van der Waals surface area contributed by atoms with Crippen LogP contribution in [0.4, 0.5) is 29.3 Å². The second kappa shape index (κ2) is 11.5. The van der Waals surface area contributed by atoms with Crippen molar-refractivity contribution in [2.24, 2.45) is 4.99 Å². The number of thioether (sulfide) groups is 1. The van der Waals surface area contributed by atoms with Crippen molar-refractivity contribution in [1.29, 1.82) is 0 Å². The van der Waals surface area contributed by atoms with Gasteiger partial charge in [-0.2, -0.15) is 4.99 Å². The fourth-order valence-electron chi connectivity index (χ4n) is 4.73. The van der Waals surface area contributed by atoms with Gasteiger partial charge >= 0.3 is 12.4 Å². The monoisotopic (exact) mass is 596 g/mol. The first kappa shape index (κ1) is 29.1.